The number of carbonyl (C=O) groups excluding carboxylic acids is 2. The SMILES string of the molecule is C[C@H](COCc1cc(NC(=O)OC(C)(C)C)cc2cnn(COCC[Si](C)(C)C)c12)NC(=O)OC(C)(C)C. The molecule has 1 aromatic carbocycles. The number of alkyl carbamates (subject to hydrolysis) is 1. The number of carbonyl (C=O) groups is 2. The highest BCUT2D eigenvalue weighted by atomic mass is 28.3. The van der Waals surface area contributed by atoms with Crippen LogP contribution in [0, 0.1) is 0 Å². The van der Waals surface area contributed by atoms with Gasteiger partial charge in [-0.05, 0) is 66.6 Å². The number of amides is 2. The maximum atomic E-state index is 12.4. The van der Waals surface area contributed by atoms with Gasteiger partial charge in [0.05, 0.1) is 31.0 Å². The number of ether oxygens (including phenoxy) is 4. The number of anilines is 1. The van der Waals surface area contributed by atoms with Crippen LogP contribution in [-0.4, -0.2) is 60.5 Å². The van der Waals surface area contributed by atoms with Gasteiger partial charge in [0.25, 0.3) is 0 Å². The molecular formula is C27H46N4O6Si. The summed E-state index contributed by atoms with van der Waals surface area (Å²) in [4.78, 5) is 24.4. The zero-order valence-corrected chi connectivity index (χ0v) is 25.7. The predicted molar refractivity (Wildman–Crippen MR) is 152 cm³/mol. The third-order valence-electron chi connectivity index (χ3n) is 5.06. The van der Waals surface area contributed by atoms with E-state index in [1.54, 1.807) is 10.9 Å². The molecule has 0 aliphatic carbocycles. The van der Waals surface area contributed by atoms with Crippen LogP contribution in [-0.2, 0) is 32.3 Å². The number of fused-ring (bicyclic) bond motifs is 1. The van der Waals surface area contributed by atoms with Gasteiger partial charge in [-0.2, -0.15) is 5.10 Å². The van der Waals surface area contributed by atoms with Gasteiger partial charge in [-0.15, -0.1) is 0 Å². The number of hydrogen-bond acceptors (Lipinski definition) is 7. The largest absolute Gasteiger partial charge is 0.444 e. The Labute approximate surface area is 227 Å². The lowest BCUT2D eigenvalue weighted by molar-refractivity contribution is 0.0441. The molecule has 0 aliphatic rings. The fourth-order valence-electron chi connectivity index (χ4n) is 3.45. The third kappa shape index (κ3) is 11.8. The number of hydrogen-bond donors (Lipinski definition) is 2. The van der Waals surface area contributed by atoms with Crippen LogP contribution in [0.3, 0.4) is 0 Å². The Bertz CT molecular complexity index is 1080. The standard InChI is InChI=1S/C27H46N4O6Si/c1-19(29-24(32)36-26(2,3)4)16-35-17-21-14-22(30-25(33)37-27(5,6)7)13-20-15-28-31(23(20)21)18-34-11-12-38(8,9)10/h13-15,19H,11-12,16-18H2,1-10H3,(H,29,32)(H,30,33)/t19-/m1/s1. The second-order valence-electron chi connectivity index (χ2n) is 12.8. The monoisotopic (exact) mass is 550 g/mol. The van der Waals surface area contributed by atoms with Crippen LogP contribution in [0.2, 0.25) is 25.7 Å². The Balaban J connectivity index is 2.17. The van der Waals surface area contributed by atoms with Crippen LogP contribution in [0.5, 0.6) is 0 Å². The number of aromatic nitrogens is 2. The molecule has 2 rings (SSSR count). The van der Waals surface area contributed by atoms with Gasteiger partial charge in [-0.25, -0.2) is 14.3 Å². The van der Waals surface area contributed by atoms with E-state index in [1.165, 1.54) is 0 Å². The summed E-state index contributed by atoms with van der Waals surface area (Å²) in [5, 5.41) is 10.9. The summed E-state index contributed by atoms with van der Waals surface area (Å²) in [6.45, 7) is 21.2. The fraction of sp³-hybridized carbons (Fsp3) is 0.667. The first-order valence-corrected chi connectivity index (χ1v) is 16.8. The molecule has 2 N–H and O–H groups in total. The highest BCUT2D eigenvalue weighted by Gasteiger charge is 2.20. The first-order chi connectivity index (χ1) is 17.4. The molecule has 1 atom stereocenters. The number of benzene rings is 1. The maximum Gasteiger partial charge on any atom is 0.412 e. The van der Waals surface area contributed by atoms with E-state index >= 15 is 0 Å². The Kier molecular flexibility index (Phi) is 10.8. The summed E-state index contributed by atoms with van der Waals surface area (Å²) in [7, 11) is -1.20. The van der Waals surface area contributed by atoms with Gasteiger partial charge in [0.2, 0.25) is 0 Å². The second kappa shape index (κ2) is 12.9. The molecule has 11 heteroatoms. The molecule has 0 spiro atoms. The van der Waals surface area contributed by atoms with E-state index in [0.29, 0.717) is 19.0 Å². The number of nitrogens with one attached hydrogen (secondary N) is 2. The van der Waals surface area contributed by atoms with Crippen LogP contribution in [0.4, 0.5) is 15.3 Å². The average molecular weight is 551 g/mol. The Hall–Kier alpha value is -2.63. The van der Waals surface area contributed by atoms with Crippen molar-refractivity contribution < 1.29 is 28.5 Å². The van der Waals surface area contributed by atoms with Crippen molar-refractivity contribution in [3.63, 3.8) is 0 Å². The molecule has 1 aromatic heterocycles. The number of nitrogens with zero attached hydrogens (tertiary/aromatic N) is 2. The molecule has 2 aromatic rings. The van der Waals surface area contributed by atoms with Crippen LogP contribution in [0.1, 0.15) is 54.0 Å². The van der Waals surface area contributed by atoms with E-state index in [1.807, 2.05) is 60.6 Å². The molecule has 38 heavy (non-hydrogen) atoms. The fourth-order valence-corrected chi connectivity index (χ4v) is 4.21. The zero-order chi connectivity index (χ0) is 28.7. The maximum absolute atomic E-state index is 12.4. The van der Waals surface area contributed by atoms with Gasteiger partial charge in [0.1, 0.15) is 17.9 Å². The summed E-state index contributed by atoms with van der Waals surface area (Å²) in [6.07, 6.45) is 0.710. The highest BCUT2D eigenvalue weighted by Crippen LogP contribution is 2.26. The molecule has 0 radical (unpaired) electrons. The van der Waals surface area contributed by atoms with E-state index in [0.717, 1.165) is 22.5 Å². The average Bonchev–Trinajstić information content (AvgIpc) is 3.10. The van der Waals surface area contributed by atoms with Crippen molar-refractivity contribution >= 4 is 36.9 Å². The molecule has 0 saturated heterocycles. The van der Waals surface area contributed by atoms with E-state index in [9.17, 15) is 9.59 Å². The summed E-state index contributed by atoms with van der Waals surface area (Å²) in [5.41, 5.74) is 1.07. The first kappa shape index (κ1) is 31.6. The summed E-state index contributed by atoms with van der Waals surface area (Å²) in [6, 6.07) is 4.49. The van der Waals surface area contributed by atoms with Crippen LogP contribution >= 0.6 is 0 Å². The van der Waals surface area contributed by atoms with Crippen LogP contribution < -0.4 is 10.6 Å². The topological polar surface area (TPSA) is 113 Å². The van der Waals surface area contributed by atoms with Crippen molar-refractivity contribution in [3.05, 3.63) is 23.9 Å². The molecule has 0 saturated carbocycles. The van der Waals surface area contributed by atoms with Crippen molar-refractivity contribution in [2.45, 2.75) is 105 Å². The molecular weight excluding hydrogens is 504 g/mol. The van der Waals surface area contributed by atoms with Gasteiger partial charge < -0.3 is 24.3 Å². The molecule has 0 aliphatic heterocycles. The van der Waals surface area contributed by atoms with Crippen LogP contribution in [0.25, 0.3) is 10.9 Å². The molecule has 1 heterocycles. The van der Waals surface area contributed by atoms with Crippen molar-refractivity contribution in [2.75, 3.05) is 18.5 Å². The zero-order valence-electron chi connectivity index (χ0n) is 24.7. The first-order valence-electron chi connectivity index (χ1n) is 13.1. The van der Waals surface area contributed by atoms with E-state index in [4.69, 9.17) is 18.9 Å². The van der Waals surface area contributed by atoms with Gasteiger partial charge in [0, 0.05) is 31.3 Å². The van der Waals surface area contributed by atoms with Gasteiger partial charge >= 0.3 is 12.2 Å². The third-order valence-corrected chi connectivity index (χ3v) is 6.76. The van der Waals surface area contributed by atoms with Crippen LogP contribution in [0.15, 0.2) is 18.3 Å². The van der Waals surface area contributed by atoms with Gasteiger partial charge in [-0.3, -0.25) is 5.32 Å². The minimum atomic E-state index is -1.20. The predicted octanol–water partition coefficient (Wildman–Crippen LogP) is 6.13. The Morgan fingerprint density at radius 2 is 1.63 bits per heavy atom. The minimum Gasteiger partial charge on any atom is -0.444 e. The normalized spacial score (nSPS) is 13.3. The van der Waals surface area contributed by atoms with E-state index < -0.39 is 31.5 Å². The lowest BCUT2D eigenvalue weighted by Crippen LogP contribution is -2.39. The van der Waals surface area contributed by atoms with E-state index in [2.05, 4.69) is 35.4 Å². The van der Waals surface area contributed by atoms with E-state index in [-0.39, 0.29) is 19.3 Å². The lowest BCUT2D eigenvalue weighted by atomic mass is 10.1. The highest BCUT2D eigenvalue weighted by molar-refractivity contribution is 6.76. The second-order valence-corrected chi connectivity index (χ2v) is 18.4. The van der Waals surface area contributed by atoms with Crippen molar-refractivity contribution in [1.82, 2.24) is 15.1 Å². The van der Waals surface area contributed by atoms with Crippen molar-refractivity contribution in [2.24, 2.45) is 0 Å². The molecule has 214 valence electrons. The summed E-state index contributed by atoms with van der Waals surface area (Å²) in [5.74, 6) is 0. The molecule has 0 unspecified atom stereocenters. The van der Waals surface area contributed by atoms with Crippen molar-refractivity contribution in [3.8, 4) is 0 Å². The number of rotatable bonds is 11. The van der Waals surface area contributed by atoms with Crippen molar-refractivity contribution in [1.29, 1.82) is 0 Å². The van der Waals surface area contributed by atoms with Gasteiger partial charge in [0.15, 0.2) is 0 Å². The van der Waals surface area contributed by atoms with Gasteiger partial charge in [-0.1, -0.05) is 19.6 Å². The molecule has 2 amide bonds. The Morgan fingerprint density at radius 1 is 1.00 bits per heavy atom. The quantitative estimate of drug-likeness (QED) is 0.256. The smallest absolute Gasteiger partial charge is 0.412 e. The Morgan fingerprint density at radius 3 is 2.24 bits per heavy atom. The molecule has 10 nitrogen and oxygen atoms in total. The lowest BCUT2D eigenvalue weighted by Gasteiger charge is -2.22. The molecule has 0 fully saturated rings. The summed E-state index contributed by atoms with van der Waals surface area (Å²) < 4.78 is 24.4. The molecule has 0 bridgehead atoms. The summed E-state index contributed by atoms with van der Waals surface area (Å²) >= 11 is 0. The minimum absolute atomic E-state index is 0.237.